The minimum absolute atomic E-state index is 0.632. The predicted octanol–water partition coefficient (Wildman–Crippen LogP) is 11.4. The normalized spacial score (nSPS) is 11.2. The second-order valence-corrected chi connectivity index (χ2v) is 10.9. The van der Waals surface area contributed by atoms with E-state index >= 15 is 0 Å². The molecule has 0 aliphatic heterocycles. The van der Waals surface area contributed by atoms with Crippen molar-refractivity contribution in [2.24, 2.45) is 0 Å². The Hall–Kier alpha value is -6.11. The molecule has 0 fully saturated rings. The Bertz CT molecular complexity index is 2250. The van der Waals surface area contributed by atoms with Gasteiger partial charge in [0.2, 0.25) is 0 Å². The number of nitriles is 1. The van der Waals surface area contributed by atoms with E-state index in [9.17, 15) is 5.26 Å². The lowest BCUT2D eigenvalue weighted by atomic mass is 9.91. The van der Waals surface area contributed by atoms with Gasteiger partial charge in [0.15, 0.2) is 0 Å². The fourth-order valence-electron chi connectivity index (χ4n) is 6.46. The van der Waals surface area contributed by atoms with Gasteiger partial charge in [0, 0.05) is 33.5 Å². The van der Waals surface area contributed by atoms with Gasteiger partial charge < -0.3 is 9.80 Å². The Morgan fingerprint density at radius 3 is 1.25 bits per heavy atom. The molecule has 0 aromatic heterocycles. The highest BCUT2D eigenvalue weighted by Crippen LogP contribution is 2.47. The van der Waals surface area contributed by atoms with E-state index in [1.807, 2.05) is 24.3 Å². The maximum Gasteiger partial charge on any atom is 0.0992 e. The molecule has 3 heteroatoms. The van der Waals surface area contributed by atoms with Gasteiger partial charge >= 0.3 is 0 Å². The number of nitrogens with zero attached hydrogens (tertiary/aromatic N) is 3. The smallest absolute Gasteiger partial charge is 0.0992 e. The van der Waals surface area contributed by atoms with Crippen LogP contribution >= 0.6 is 0 Å². The first-order valence-electron chi connectivity index (χ1n) is 14.8. The number of hydrogen-bond donors (Lipinski definition) is 0. The maximum absolute atomic E-state index is 9.70. The van der Waals surface area contributed by atoms with Gasteiger partial charge in [0.1, 0.15) is 0 Å². The van der Waals surface area contributed by atoms with Crippen LogP contribution in [0.3, 0.4) is 0 Å². The van der Waals surface area contributed by atoms with Crippen molar-refractivity contribution in [3.8, 4) is 6.07 Å². The molecule has 0 spiro atoms. The van der Waals surface area contributed by atoms with Crippen LogP contribution in [0.1, 0.15) is 5.56 Å². The molecule has 44 heavy (non-hydrogen) atoms. The molecule has 0 heterocycles. The van der Waals surface area contributed by atoms with Crippen molar-refractivity contribution in [3.05, 3.63) is 169 Å². The molecule has 0 aliphatic rings. The molecule has 8 aromatic carbocycles. The quantitative estimate of drug-likeness (QED) is 0.189. The molecule has 0 unspecified atom stereocenters. The van der Waals surface area contributed by atoms with Crippen molar-refractivity contribution in [2.45, 2.75) is 0 Å². The second-order valence-electron chi connectivity index (χ2n) is 10.9. The van der Waals surface area contributed by atoms with E-state index in [1.165, 1.54) is 26.9 Å². The summed E-state index contributed by atoms with van der Waals surface area (Å²) in [6.45, 7) is 0. The second kappa shape index (κ2) is 10.6. The molecular formula is C41H27N3. The summed E-state index contributed by atoms with van der Waals surface area (Å²) < 4.78 is 0. The van der Waals surface area contributed by atoms with Gasteiger partial charge in [-0.25, -0.2) is 0 Å². The standard InChI is InChI=1S/C41H27N3/c42-28-29-11-10-18-35(27-29)44(34-16-8-3-9-17-34)39-26-22-31-19-23-36-38(25-21-30-20-24-37(39)41(31)40(30)36)43(32-12-4-1-5-13-32)33-14-6-2-7-15-33/h1-27H. The van der Waals surface area contributed by atoms with E-state index in [0.29, 0.717) is 5.56 Å². The Morgan fingerprint density at radius 1 is 0.386 bits per heavy atom. The van der Waals surface area contributed by atoms with Gasteiger partial charge in [-0.3, -0.25) is 0 Å². The van der Waals surface area contributed by atoms with Crippen molar-refractivity contribution in [2.75, 3.05) is 9.80 Å². The average Bonchev–Trinajstić information content (AvgIpc) is 3.10. The van der Waals surface area contributed by atoms with Crippen molar-refractivity contribution in [1.82, 2.24) is 0 Å². The summed E-state index contributed by atoms with van der Waals surface area (Å²) in [6.07, 6.45) is 0. The molecule has 8 aromatic rings. The average molecular weight is 562 g/mol. The van der Waals surface area contributed by atoms with Gasteiger partial charge in [0.05, 0.1) is 23.0 Å². The number of para-hydroxylation sites is 3. The first kappa shape index (κ1) is 25.6. The van der Waals surface area contributed by atoms with Gasteiger partial charge in [-0.05, 0) is 88.3 Å². The monoisotopic (exact) mass is 561 g/mol. The van der Waals surface area contributed by atoms with Crippen LogP contribution in [-0.4, -0.2) is 0 Å². The largest absolute Gasteiger partial charge is 0.310 e. The van der Waals surface area contributed by atoms with Crippen molar-refractivity contribution in [3.63, 3.8) is 0 Å². The first-order chi connectivity index (χ1) is 21.8. The lowest BCUT2D eigenvalue weighted by Gasteiger charge is -2.29. The summed E-state index contributed by atoms with van der Waals surface area (Å²) in [6, 6.07) is 59.6. The molecule has 3 nitrogen and oxygen atoms in total. The zero-order chi connectivity index (χ0) is 29.5. The summed E-state index contributed by atoms with van der Waals surface area (Å²) in [5.41, 5.74) is 7.05. The van der Waals surface area contributed by atoms with Crippen LogP contribution < -0.4 is 9.80 Å². The van der Waals surface area contributed by atoms with Crippen LogP contribution in [0.2, 0.25) is 0 Å². The highest BCUT2D eigenvalue weighted by molar-refractivity contribution is 6.28. The fourth-order valence-corrected chi connectivity index (χ4v) is 6.46. The highest BCUT2D eigenvalue weighted by Gasteiger charge is 2.21. The lowest BCUT2D eigenvalue weighted by molar-refractivity contribution is 1.29. The van der Waals surface area contributed by atoms with Crippen molar-refractivity contribution < 1.29 is 0 Å². The minimum Gasteiger partial charge on any atom is -0.310 e. The summed E-state index contributed by atoms with van der Waals surface area (Å²) in [5, 5.41) is 16.9. The van der Waals surface area contributed by atoms with Crippen LogP contribution in [0, 0.1) is 11.3 Å². The summed E-state index contributed by atoms with van der Waals surface area (Å²) in [5.74, 6) is 0. The van der Waals surface area contributed by atoms with E-state index in [2.05, 4.69) is 155 Å². The Kier molecular flexibility index (Phi) is 6.18. The maximum atomic E-state index is 9.70. The minimum atomic E-state index is 0.632. The Morgan fingerprint density at radius 2 is 0.795 bits per heavy atom. The summed E-state index contributed by atoms with van der Waals surface area (Å²) >= 11 is 0. The number of rotatable bonds is 6. The molecule has 0 bridgehead atoms. The highest BCUT2D eigenvalue weighted by atomic mass is 15.1. The summed E-state index contributed by atoms with van der Waals surface area (Å²) in [7, 11) is 0. The van der Waals surface area contributed by atoms with Crippen molar-refractivity contribution in [1.29, 1.82) is 5.26 Å². The van der Waals surface area contributed by atoms with E-state index in [1.54, 1.807) is 0 Å². The molecule has 206 valence electrons. The van der Waals surface area contributed by atoms with Crippen LogP contribution in [0.4, 0.5) is 34.1 Å². The topological polar surface area (TPSA) is 30.3 Å². The summed E-state index contributed by atoms with van der Waals surface area (Å²) in [4.78, 5) is 4.60. The Balaban J connectivity index is 1.42. The van der Waals surface area contributed by atoms with Crippen LogP contribution in [0.5, 0.6) is 0 Å². The van der Waals surface area contributed by atoms with Crippen LogP contribution in [0.25, 0.3) is 32.3 Å². The number of benzene rings is 8. The fraction of sp³-hybridized carbons (Fsp3) is 0. The first-order valence-corrected chi connectivity index (χ1v) is 14.8. The van der Waals surface area contributed by atoms with Crippen LogP contribution in [-0.2, 0) is 0 Å². The molecule has 0 saturated heterocycles. The van der Waals surface area contributed by atoms with Gasteiger partial charge in [-0.2, -0.15) is 5.26 Å². The van der Waals surface area contributed by atoms with Crippen molar-refractivity contribution >= 4 is 66.4 Å². The third-order valence-corrected chi connectivity index (χ3v) is 8.38. The molecule has 0 aliphatic carbocycles. The number of hydrogen-bond acceptors (Lipinski definition) is 3. The van der Waals surface area contributed by atoms with Gasteiger partial charge in [-0.1, -0.05) is 97.1 Å². The molecular weight excluding hydrogens is 534 g/mol. The third kappa shape index (κ3) is 4.21. The SMILES string of the molecule is N#Cc1cccc(N(c2ccccc2)c2ccc3ccc4c(N(c5ccccc5)c5ccccc5)ccc5ccc2c3c54)c1. The van der Waals surface area contributed by atoms with Gasteiger partial charge in [0.25, 0.3) is 0 Å². The van der Waals surface area contributed by atoms with Crippen LogP contribution in [0.15, 0.2) is 164 Å². The lowest BCUT2D eigenvalue weighted by Crippen LogP contribution is -2.11. The Labute approximate surface area is 256 Å². The third-order valence-electron chi connectivity index (χ3n) is 8.38. The van der Waals surface area contributed by atoms with E-state index < -0.39 is 0 Å². The molecule has 0 N–H and O–H groups in total. The molecule has 0 amide bonds. The number of anilines is 6. The molecule has 8 rings (SSSR count). The molecule has 0 radical (unpaired) electrons. The van der Waals surface area contributed by atoms with E-state index in [4.69, 9.17) is 0 Å². The van der Waals surface area contributed by atoms with Gasteiger partial charge in [-0.15, -0.1) is 0 Å². The predicted molar refractivity (Wildman–Crippen MR) is 184 cm³/mol. The van der Waals surface area contributed by atoms with E-state index in [0.717, 1.165) is 39.5 Å². The molecule has 0 atom stereocenters. The zero-order valence-electron chi connectivity index (χ0n) is 23.9. The zero-order valence-corrected chi connectivity index (χ0v) is 23.9. The van der Waals surface area contributed by atoms with E-state index in [-0.39, 0.29) is 0 Å². The molecule has 0 saturated carbocycles.